The predicted molar refractivity (Wildman–Crippen MR) is 111 cm³/mol. The molecule has 4 aromatic rings. The number of hydrogen-bond donors (Lipinski definition) is 3. The number of nitrogens with one attached hydrogen (secondary N) is 3. The molecule has 0 bridgehead atoms. The minimum absolute atomic E-state index is 0.238. The molecular formula is C21H17FN6O2. The van der Waals surface area contributed by atoms with Crippen LogP contribution >= 0.6 is 0 Å². The Balaban J connectivity index is 1.93. The summed E-state index contributed by atoms with van der Waals surface area (Å²) in [5.41, 5.74) is 3.86. The average molecular weight is 404 g/mol. The molecule has 1 aromatic carbocycles. The highest BCUT2D eigenvalue weighted by molar-refractivity contribution is 6.01. The van der Waals surface area contributed by atoms with E-state index in [1.165, 1.54) is 32.2 Å². The Morgan fingerprint density at radius 3 is 2.33 bits per heavy atom. The topological polar surface area (TPSA) is 113 Å². The molecule has 0 spiro atoms. The zero-order valence-corrected chi connectivity index (χ0v) is 16.2. The number of benzene rings is 1. The lowest BCUT2D eigenvalue weighted by Crippen LogP contribution is -2.07. The van der Waals surface area contributed by atoms with Gasteiger partial charge in [0.15, 0.2) is 11.5 Å². The van der Waals surface area contributed by atoms with Crippen molar-refractivity contribution in [3.8, 4) is 22.4 Å². The first kappa shape index (κ1) is 19.2. The van der Waals surface area contributed by atoms with Gasteiger partial charge in [-0.05, 0) is 29.8 Å². The number of halogens is 1. The highest BCUT2D eigenvalue weighted by Crippen LogP contribution is 2.37. The van der Waals surface area contributed by atoms with E-state index >= 15 is 0 Å². The maximum absolute atomic E-state index is 13.5. The van der Waals surface area contributed by atoms with E-state index in [-0.39, 0.29) is 17.6 Å². The third-order valence-corrected chi connectivity index (χ3v) is 4.29. The van der Waals surface area contributed by atoms with Gasteiger partial charge in [-0.1, -0.05) is 12.1 Å². The Hall–Kier alpha value is -4.14. The monoisotopic (exact) mass is 404 g/mol. The molecule has 0 atom stereocenters. The van der Waals surface area contributed by atoms with Crippen LogP contribution in [-0.2, 0) is 9.59 Å². The first-order valence-electron chi connectivity index (χ1n) is 9.07. The smallest absolute Gasteiger partial charge is 0.222 e. The molecule has 0 saturated heterocycles. The number of anilines is 2. The van der Waals surface area contributed by atoms with Crippen LogP contribution in [0.25, 0.3) is 33.5 Å². The van der Waals surface area contributed by atoms with Gasteiger partial charge in [-0.15, -0.1) is 0 Å². The van der Waals surface area contributed by atoms with E-state index in [0.717, 1.165) is 11.1 Å². The van der Waals surface area contributed by atoms with Crippen LogP contribution in [0.3, 0.4) is 0 Å². The molecule has 0 unspecified atom stereocenters. The number of nitrogens with zero attached hydrogens (tertiary/aromatic N) is 3. The summed E-state index contributed by atoms with van der Waals surface area (Å²) in [5, 5.41) is 5.26. The number of H-pyrrole nitrogens is 1. The molecule has 3 N–H and O–H groups in total. The second kappa shape index (κ2) is 7.70. The Morgan fingerprint density at radius 2 is 1.63 bits per heavy atom. The van der Waals surface area contributed by atoms with E-state index in [4.69, 9.17) is 0 Å². The molecule has 0 fully saturated rings. The fourth-order valence-electron chi connectivity index (χ4n) is 3.15. The third-order valence-electron chi connectivity index (χ3n) is 4.29. The van der Waals surface area contributed by atoms with Crippen LogP contribution in [0.5, 0.6) is 0 Å². The summed E-state index contributed by atoms with van der Waals surface area (Å²) in [7, 11) is 0. The van der Waals surface area contributed by atoms with Crippen LogP contribution < -0.4 is 10.6 Å². The van der Waals surface area contributed by atoms with Gasteiger partial charge in [-0.3, -0.25) is 9.59 Å². The number of carbonyl (C=O) groups is 2. The maximum atomic E-state index is 13.5. The number of hydrogen-bond acceptors (Lipinski definition) is 5. The molecular weight excluding hydrogens is 387 g/mol. The van der Waals surface area contributed by atoms with Crippen LogP contribution in [-0.4, -0.2) is 31.8 Å². The minimum Gasteiger partial charge on any atom is -0.337 e. The molecule has 9 heteroatoms. The second-order valence-corrected chi connectivity index (χ2v) is 6.63. The minimum atomic E-state index is -0.351. The van der Waals surface area contributed by atoms with Gasteiger partial charge in [0, 0.05) is 31.2 Å². The second-order valence-electron chi connectivity index (χ2n) is 6.63. The van der Waals surface area contributed by atoms with Gasteiger partial charge >= 0.3 is 0 Å². The summed E-state index contributed by atoms with van der Waals surface area (Å²) in [6.07, 6.45) is 3.04. The van der Waals surface area contributed by atoms with Crippen molar-refractivity contribution in [2.75, 3.05) is 10.6 Å². The lowest BCUT2D eigenvalue weighted by molar-refractivity contribution is -0.115. The molecule has 0 aliphatic heterocycles. The summed E-state index contributed by atoms with van der Waals surface area (Å²) in [5.74, 6) is -0.150. The zero-order chi connectivity index (χ0) is 21.3. The lowest BCUT2D eigenvalue weighted by Gasteiger charge is -2.07. The molecule has 4 rings (SSSR count). The highest BCUT2D eigenvalue weighted by Gasteiger charge is 2.18. The van der Waals surface area contributed by atoms with Gasteiger partial charge in [-0.2, -0.15) is 0 Å². The molecule has 0 aliphatic carbocycles. The van der Waals surface area contributed by atoms with Crippen molar-refractivity contribution >= 4 is 34.6 Å². The third kappa shape index (κ3) is 3.86. The van der Waals surface area contributed by atoms with Crippen molar-refractivity contribution in [1.82, 2.24) is 19.9 Å². The fourth-order valence-corrected chi connectivity index (χ4v) is 3.15. The molecule has 3 heterocycles. The lowest BCUT2D eigenvalue weighted by atomic mass is 10.0. The number of aromatic nitrogens is 4. The molecule has 150 valence electrons. The van der Waals surface area contributed by atoms with Crippen LogP contribution in [0.15, 0.2) is 48.8 Å². The van der Waals surface area contributed by atoms with Gasteiger partial charge in [0.25, 0.3) is 0 Å². The van der Waals surface area contributed by atoms with Crippen molar-refractivity contribution in [1.29, 1.82) is 0 Å². The summed E-state index contributed by atoms with van der Waals surface area (Å²) in [6.45, 7) is 2.79. The largest absolute Gasteiger partial charge is 0.337 e. The molecule has 0 radical (unpaired) electrons. The highest BCUT2D eigenvalue weighted by atomic mass is 19.1. The van der Waals surface area contributed by atoms with Crippen molar-refractivity contribution in [2.45, 2.75) is 13.8 Å². The van der Waals surface area contributed by atoms with Crippen molar-refractivity contribution < 1.29 is 14.0 Å². The standard InChI is InChI=1S/C21H17FN6O2/c1-11(29)25-16-9-14(7-8-23-16)19-18(13-3-5-15(22)6-4-13)20-21(28-19)27-17(10-24-20)26-12(2)30/h3-10H,1-2H3,(H,23,25,29)(H2,26,27,28,30). The van der Waals surface area contributed by atoms with Gasteiger partial charge in [-0.25, -0.2) is 19.3 Å². The van der Waals surface area contributed by atoms with E-state index < -0.39 is 0 Å². The van der Waals surface area contributed by atoms with Gasteiger partial charge in [0.2, 0.25) is 11.8 Å². The van der Waals surface area contributed by atoms with Gasteiger partial charge < -0.3 is 15.6 Å². The first-order chi connectivity index (χ1) is 14.4. The average Bonchev–Trinajstić information content (AvgIpc) is 3.06. The van der Waals surface area contributed by atoms with E-state index in [2.05, 4.69) is 30.6 Å². The number of aromatic amines is 1. The van der Waals surface area contributed by atoms with E-state index in [1.54, 1.807) is 30.5 Å². The summed E-state index contributed by atoms with van der Waals surface area (Å²) >= 11 is 0. The van der Waals surface area contributed by atoms with E-state index in [9.17, 15) is 14.0 Å². The van der Waals surface area contributed by atoms with Crippen LogP contribution in [0.4, 0.5) is 16.0 Å². The van der Waals surface area contributed by atoms with Crippen molar-refractivity contribution in [3.05, 3.63) is 54.6 Å². The summed E-state index contributed by atoms with van der Waals surface area (Å²) < 4.78 is 13.5. The number of carbonyl (C=O) groups excluding carboxylic acids is 2. The van der Waals surface area contributed by atoms with Gasteiger partial charge in [0.05, 0.1) is 11.9 Å². The van der Waals surface area contributed by atoms with E-state index in [0.29, 0.717) is 34.1 Å². The molecule has 8 nitrogen and oxygen atoms in total. The Morgan fingerprint density at radius 1 is 0.933 bits per heavy atom. The summed E-state index contributed by atoms with van der Waals surface area (Å²) in [6, 6.07) is 9.53. The molecule has 30 heavy (non-hydrogen) atoms. The molecule has 0 aliphatic rings. The van der Waals surface area contributed by atoms with Crippen LogP contribution in [0.2, 0.25) is 0 Å². The Kier molecular flexibility index (Phi) is 4.93. The van der Waals surface area contributed by atoms with E-state index in [1.807, 2.05) is 0 Å². The number of amides is 2. The normalized spacial score (nSPS) is 10.8. The first-order valence-corrected chi connectivity index (χ1v) is 9.07. The van der Waals surface area contributed by atoms with Crippen molar-refractivity contribution in [2.24, 2.45) is 0 Å². The number of rotatable bonds is 4. The quantitative estimate of drug-likeness (QED) is 0.480. The van der Waals surface area contributed by atoms with Crippen LogP contribution in [0.1, 0.15) is 13.8 Å². The zero-order valence-electron chi connectivity index (χ0n) is 16.2. The van der Waals surface area contributed by atoms with Gasteiger partial charge in [0.1, 0.15) is 17.2 Å². The Labute approximate surface area is 170 Å². The summed E-state index contributed by atoms with van der Waals surface area (Å²) in [4.78, 5) is 39.0. The molecule has 0 saturated carbocycles. The molecule has 2 amide bonds. The van der Waals surface area contributed by atoms with Crippen molar-refractivity contribution in [3.63, 3.8) is 0 Å². The van der Waals surface area contributed by atoms with Crippen LogP contribution in [0, 0.1) is 5.82 Å². The SMILES string of the molecule is CC(=O)Nc1cc(-c2[nH]c3nc(NC(C)=O)cnc3c2-c2ccc(F)cc2)ccn1. The maximum Gasteiger partial charge on any atom is 0.222 e. The number of fused-ring (bicyclic) bond motifs is 1. The molecule has 3 aromatic heterocycles. The number of pyridine rings is 1. The Bertz CT molecular complexity index is 1270. The predicted octanol–water partition coefficient (Wildman–Crippen LogP) is 3.74. The fraction of sp³-hybridized carbons (Fsp3) is 0.0952.